The van der Waals surface area contributed by atoms with Gasteiger partial charge in [0.05, 0.1) is 31.1 Å². The molecule has 0 atom stereocenters. The van der Waals surface area contributed by atoms with Crippen molar-refractivity contribution in [3.63, 3.8) is 0 Å². The van der Waals surface area contributed by atoms with Gasteiger partial charge in [-0.2, -0.15) is 0 Å². The number of carbonyl (C=O) groups excluding carboxylic acids is 2. The third kappa shape index (κ3) is 6.09. The van der Waals surface area contributed by atoms with Crippen LogP contribution >= 0.6 is 0 Å². The highest BCUT2D eigenvalue weighted by Crippen LogP contribution is 2.29. The zero-order valence-electron chi connectivity index (χ0n) is 29.7. The average molecular weight is 749 g/mol. The molecule has 0 aliphatic carbocycles. The lowest BCUT2D eigenvalue weighted by molar-refractivity contribution is 0.0598. The summed E-state index contributed by atoms with van der Waals surface area (Å²) in [5.41, 5.74) is 7.60. The third-order valence-corrected chi connectivity index (χ3v) is 9.49. The molecule has 0 saturated carbocycles. The van der Waals surface area contributed by atoms with Gasteiger partial charge in [-0.25, -0.2) is 49.5 Å². The zero-order chi connectivity index (χ0) is 38.3. The second-order valence-electron chi connectivity index (χ2n) is 12.5. The van der Waals surface area contributed by atoms with E-state index in [1.165, 1.54) is 32.4 Å². The van der Waals surface area contributed by atoms with Gasteiger partial charge in [0.1, 0.15) is 0 Å². The summed E-state index contributed by atoms with van der Waals surface area (Å²) in [4.78, 5) is 61.9. The Morgan fingerprint density at radius 1 is 0.393 bits per heavy atom. The van der Waals surface area contributed by atoms with E-state index in [4.69, 9.17) is 43.7 Å². The predicted molar refractivity (Wildman–Crippen MR) is 214 cm³/mol. The van der Waals surface area contributed by atoms with Gasteiger partial charge in [-0.15, -0.1) is 0 Å². The van der Waals surface area contributed by atoms with Crippen molar-refractivity contribution >= 4 is 75.2 Å². The maximum Gasteiger partial charge on any atom is 0.482 e. The number of hydrogen-bond donors (Lipinski definition) is 0. The summed E-state index contributed by atoms with van der Waals surface area (Å²) in [6.45, 7) is 0. The highest BCUT2D eigenvalue weighted by Gasteiger charge is 2.30. The van der Waals surface area contributed by atoms with Crippen LogP contribution in [0.3, 0.4) is 0 Å². The largest absolute Gasteiger partial charge is 0.654 e. The molecule has 8 bridgehead atoms. The summed E-state index contributed by atoms with van der Waals surface area (Å²) in [6, 6.07) is 36.1. The van der Waals surface area contributed by atoms with E-state index in [0.717, 1.165) is 44.5 Å². The Kier molecular flexibility index (Phi) is 8.74. The number of amidine groups is 8. The minimum absolute atomic E-state index is 0.225. The van der Waals surface area contributed by atoms with E-state index in [9.17, 15) is 9.59 Å². The minimum atomic E-state index is -0.547. The molecule has 0 saturated heterocycles. The second kappa shape index (κ2) is 14.2. The Hall–Kier alpha value is -7.27. The Morgan fingerprint density at radius 3 is 0.786 bits per heavy atom. The predicted octanol–water partition coefficient (Wildman–Crippen LogP) is 5.55. The van der Waals surface area contributed by atoms with Crippen molar-refractivity contribution in [1.82, 2.24) is 0 Å². The minimum Gasteiger partial charge on any atom is -0.654 e. The second-order valence-corrected chi connectivity index (χ2v) is 12.7. The molecule has 2 radical (unpaired) electrons. The Morgan fingerprint density at radius 2 is 0.607 bits per heavy atom. The number of ether oxygens (including phenoxy) is 2. The molecular formula is C42H25AlN8O5. The van der Waals surface area contributed by atoms with Gasteiger partial charge < -0.3 is 13.3 Å². The zero-order valence-corrected chi connectivity index (χ0v) is 30.8. The molecule has 5 aliphatic heterocycles. The summed E-state index contributed by atoms with van der Waals surface area (Å²) in [5.74, 6) is 3.68. The van der Waals surface area contributed by atoms with Crippen LogP contribution < -0.4 is 3.79 Å². The molecule has 0 unspecified atom stereocenters. The van der Waals surface area contributed by atoms with Crippen LogP contribution in [0, 0.1) is 0 Å². The monoisotopic (exact) mass is 748 g/mol. The van der Waals surface area contributed by atoms with Crippen LogP contribution in [0.25, 0.3) is 0 Å². The Labute approximate surface area is 327 Å². The quantitative estimate of drug-likeness (QED) is 0.174. The van der Waals surface area contributed by atoms with Crippen molar-refractivity contribution in [2.45, 2.75) is 0 Å². The molecule has 13 nitrogen and oxygen atoms in total. The normalized spacial score (nSPS) is 15.0. The average Bonchev–Trinajstić information content (AvgIpc) is 3.99. The van der Waals surface area contributed by atoms with E-state index in [-0.39, 0.29) is 11.1 Å². The first-order valence-electron chi connectivity index (χ1n) is 17.2. The first-order chi connectivity index (χ1) is 27.4. The van der Waals surface area contributed by atoms with Crippen molar-refractivity contribution in [3.8, 4) is 5.75 Å². The van der Waals surface area contributed by atoms with E-state index in [2.05, 4.69) is 9.47 Å². The number of rotatable bonds is 3. The van der Waals surface area contributed by atoms with Gasteiger partial charge in [0.15, 0.2) is 46.7 Å². The van der Waals surface area contributed by atoms with Gasteiger partial charge in [0.2, 0.25) is 0 Å². The number of benzene rings is 5. The fraction of sp³-hybridized carbons (Fsp3) is 0.0476. The van der Waals surface area contributed by atoms with E-state index < -0.39 is 11.9 Å². The SMILES string of the molecule is COC(=O)c1cc([O][Al])cc(C(=O)OC)c1.c1ccc2c(c1)C1=NC2=NC2=NC(=NC3=NC(=NC4=NC(=N1)c1ccccc14)c1ccccc13)c1ccccc12. The molecule has 266 valence electrons. The first kappa shape index (κ1) is 34.5. The standard InChI is InChI=1S/C32H16N8.C10H10O5.Al/c1-2-10-18-17(9-1)25-33-26(18)38-28-21-13-5-6-14-22(21)30(35-28)40-32-24-16-8-7-15-23(24)31(36-32)39-29-20-12-4-3-11-19(20)27(34-29)37-25;1-14-9(12)6-3-7(10(13)15-2)5-8(11)4-6;/h1-16H;3-5,11H,1-2H3;/q;;+1/p-1. The van der Waals surface area contributed by atoms with Crippen LogP contribution in [0.5, 0.6) is 5.75 Å². The molecule has 10 rings (SSSR count). The van der Waals surface area contributed by atoms with Crippen molar-refractivity contribution in [1.29, 1.82) is 0 Å². The maximum atomic E-state index is 11.3. The Bertz CT molecular complexity index is 2460. The lowest BCUT2D eigenvalue weighted by Gasteiger charge is -2.08. The number of esters is 2. The summed E-state index contributed by atoms with van der Waals surface area (Å²) in [7, 11) is 2.52. The third-order valence-electron chi connectivity index (χ3n) is 9.21. The molecule has 0 spiro atoms. The molecule has 0 amide bonds. The van der Waals surface area contributed by atoms with Gasteiger partial charge >= 0.3 is 28.6 Å². The fourth-order valence-corrected chi connectivity index (χ4v) is 6.73. The molecule has 14 heteroatoms. The van der Waals surface area contributed by atoms with Crippen molar-refractivity contribution in [2.24, 2.45) is 39.9 Å². The summed E-state index contributed by atoms with van der Waals surface area (Å²) < 4.78 is 14.0. The van der Waals surface area contributed by atoms with Crippen LogP contribution in [-0.4, -0.2) is 89.5 Å². The van der Waals surface area contributed by atoms with Crippen LogP contribution in [0.1, 0.15) is 65.2 Å². The van der Waals surface area contributed by atoms with Gasteiger partial charge in [0, 0.05) is 44.5 Å². The van der Waals surface area contributed by atoms with Crippen LogP contribution in [-0.2, 0) is 9.47 Å². The van der Waals surface area contributed by atoms with E-state index >= 15 is 0 Å². The Balaban J connectivity index is 0.000000218. The van der Waals surface area contributed by atoms with Crippen LogP contribution in [0.15, 0.2) is 155 Å². The van der Waals surface area contributed by atoms with Crippen LogP contribution in [0.4, 0.5) is 0 Å². The molecule has 0 fully saturated rings. The lowest BCUT2D eigenvalue weighted by atomic mass is 10.1. The van der Waals surface area contributed by atoms with E-state index in [0.29, 0.717) is 52.4 Å². The number of nitrogens with zero attached hydrogens (tertiary/aromatic N) is 8. The molecule has 5 aromatic carbocycles. The highest BCUT2D eigenvalue weighted by atomic mass is 27.1. The van der Waals surface area contributed by atoms with Crippen molar-refractivity contribution in [2.75, 3.05) is 14.2 Å². The smallest absolute Gasteiger partial charge is 0.482 e. The molecule has 5 aromatic rings. The molecular weight excluding hydrogens is 723 g/mol. The van der Waals surface area contributed by atoms with Gasteiger partial charge in [0.25, 0.3) is 0 Å². The number of fused-ring (bicyclic) bond motifs is 16. The number of hydrogen-bond acceptors (Lipinski definition) is 13. The van der Waals surface area contributed by atoms with Gasteiger partial charge in [-0.3, -0.25) is 0 Å². The molecule has 5 aliphatic rings. The number of aliphatic imine (C=N–C) groups is 8. The molecule has 56 heavy (non-hydrogen) atoms. The lowest BCUT2D eigenvalue weighted by Crippen LogP contribution is -2.07. The van der Waals surface area contributed by atoms with Crippen molar-refractivity contribution < 1.29 is 22.9 Å². The number of methoxy groups -OCH3 is 2. The summed E-state index contributed by atoms with van der Waals surface area (Å²) in [6.07, 6.45) is 0. The van der Waals surface area contributed by atoms with Gasteiger partial charge in [-0.1, -0.05) is 97.1 Å². The maximum absolute atomic E-state index is 11.3. The fourth-order valence-electron chi connectivity index (χ4n) is 6.60. The topological polar surface area (TPSA) is 161 Å². The number of carbonyl (C=O) groups is 2. The molecule has 5 heterocycles. The molecule has 0 N–H and O–H groups in total. The van der Waals surface area contributed by atoms with Crippen molar-refractivity contribution in [3.05, 3.63) is 171 Å². The highest BCUT2D eigenvalue weighted by molar-refractivity contribution is 6.35. The molecule has 0 aromatic heterocycles. The van der Waals surface area contributed by atoms with E-state index in [1.54, 1.807) is 0 Å². The summed E-state index contributed by atoms with van der Waals surface area (Å²) in [5, 5.41) is 0. The van der Waals surface area contributed by atoms with Gasteiger partial charge in [-0.05, 0) is 18.2 Å². The van der Waals surface area contributed by atoms with E-state index in [1.807, 2.05) is 114 Å². The van der Waals surface area contributed by atoms with Crippen LogP contribution in [0.2, 0.25) is 0 Å². The summed E-state index contributed by atoms with van der Waals surface area (Å²) >= 11 is 2.03. The first-order valence-corrected chi connectivity index (χ1v) is 17.7.